The standard InChI is InChI=1S/C23H23BrF2N4S/c1-29-21(15-3-8-19(25)20(26)11-15)27-28-22(29)31-10-2-9-30-13-17-12-23(17,14-30)16-4-6-18(24)7-5-16/h3-8,11,17H,2,9-10,12-14H2,1H3. The third kappa shape index (κ3) is 4.05. The first-order chi connectivity index (χ1) is 15.0. The fourth-order valence-corrected chi connectivity index (χ4v) is 5.86. The Morgan fingerprint density at radius 1 is 1.13 bits per heavy atom. The summed E-state index contributed by atoms with van der Waals surface area (Å²) in [6, 6.07) is 12.6. The maximum Gasteiger partial charge on any atom is 0.191 e. The number of hydrogen-bond acceptors (Lipinski definition) is 4. The Balaban J connectivity index is 1.13. The molecule has 4 nitrogen and oxygen atoms in total. The van der Waals surface area contributed by atoms with E-state index in [0.29, 0.717) is 16.8 Å². The van der Waals surface area contributed by atoms with Crippen molar-refractivity contribution in [1.29, 1.82) is 0 Å². The minimum Gasteiger partial charge on any atom is -0.305 e. The van der Waals surface area contributed by atoms with Gasteiger partial charge >= 0.3 is 0 Å². The molecule has 1 aliphatic carbocycles. The number of hydrogen-bond donors (Lipinski definition) is 0. The predicted molar refractivity (Wildman–Crippen MR) is 122 cm³/mol. The van der Waals surface area contributed by atoms with Crippen LogP contribution in [-0.4, -0.2) is 45.1 Å². The molecule has 1 saturated heterocycles. The van der Waals surface area contributed by atoms with Crippen molar-refractivity contribution in [1.82, 2.24) is 19.7 Å². The zero-order valence-corrected chi connectivity index (χ0v) is 19.6. The van der Waals surface area contributed by atoms with Gasteiger partial charge in [0.2, 0.25) is 0 Å². The van der Waals surface area contributed by atoms with Crippen molar-refractivity contribution in [2.45, 2.75) is 23.4 Å². The highest BCUT2D eigenvalue weighted by atomic mass is 79.9. The number of halogens is 3. The fraction of sp³-hybridized carbons (Fsp3) is 0.391. The van der Waals surface area contributed by atoms with Gasteiger partial charge in [-0.15, -0.1) is 10.2 Å². The summed E-state index contributed by atoms with van der Waals surface area (Å²) >= 11 is 5.18. The van der Waals surface area contributed by atoms with Crippen molar-refractivity contribution in [3.8, 4) is 11.4 Å². The number of aromatic nitrogens is 3. The van der Waals surface area contributed by atoms with E-state index in [-0.39, 0.29) is 0 Å². The van der Waals surface area contributed by atoms with Crippen LogP contribution < -0.4 is 0 Å². The van der Waals surface area contributed by atoms with E-state index in [1.807, 2.05) is 11.6 Å². The minimum absolute atomic E-state index is 0.372. The van der Waals surface area contributed by atoms with Gasteiger partial charge in [0.15, 0.2) is 22.6 Å². The monoisotopic (exact) mass is 504 g/mol. The summed E-state index contributed by atoms with van der Waals surface area (Å²) in [5.41, 5.74) is 2.37. The van der Waals surface area contributed by atoms with Gasteiger partial charge in [-0.2, -0.15) is 0 Å². The quantitative estimate of drug-likeness (QED) is 0.323. The minimum atomic E-state index is -0.876. The van der Waals surface area contributed by atoms with Crippen LogP contribution in [0, 0.1) is 17.6 Å². The number of nitrogens with zero attached hydrogens (tertiary/aromatic N) is 4. The van der Waals surface area contributed by atoms with E-state index in [4.69, 9.17) is 0 Å². The first-order valence-corrected chi connectivity index (χ1v) is 12.2. The predicted octanol–water partition coefficient (Wildman–Crippen LogP) is 5.28. The van der Waals surface area contributed by atoms with E-state index in [9.17, 15) is 8.78 Å². The van der Waals surface area contributed by atoms with E-state index in [2.05, 4.69) is 55.3 Å². The first kappa shape index (κ1) is 21.1. The number of likely N-dealkylation sites (tertiary alicyclic amines) is 1. The Kier molecular flexibility index (Phi) is 5.65. The summed E-state index contributed by atoms with van der Waals surface area (Å²) in [6.45, 7) is 3.41. The van der Waals surface area contributed by atoms with Crippen LogP contribution in [0.25, 0.3) is 11.4 Å². The van der Waals surface area contributed by atoms with Crippen molar-refractivity contribution in [3.63, 3.8) is 0 Å². The van der Waals surface area contributed by atoms with Crippen LogP contribution in [0.2, 0.25) is 0 Å². The average molecular weight is 505 g/mol. The molecular formula is C23H23BrF2N4S. The van der Waals surface area contributed by atoms with Crippen LogP contribution in [0.1, 0.15) is 18.4 Å². The molecule has 0 bridgehead atoms. The molecule has 1 aromatic heterocycles. The molecule has 2 fully saturated rings. The molecule has 1 aliphatic heterocycles. The summed E-state index contributed by atoms with van der Waals surface area (Å²) in [5.74, 6) is 0.536. The van der Waals surface area contributed by atoms with Crippen molar-refractivity contribution in [3.05, 3.63) is 64.1 Å². The lowest BCUT2D eigenvalue weighted by Gasteiger charge is -2.21. The topological polar surface area (TPSA) is 34.0 Å². The van der Waals surface area contributed by atoms with Gasteiger partial charge in [-0.05, 0) is 61.2 Å². The fourth-order valence-electron chi connectivity index (χ4n) is 4.76. The molecule has 2 unspecified atom stereocenters. The molecule has 1 saturated carbocycles. The SMILES string of the molecule is Cn1c(SCCCN2CC3CC3(c3ccc(Br)cc3)C2)nnc1-c1ccc(F)c(F)c1. The van der Waals surface area contributed by atoms with Gasteiger partial charge in [-0.1, -0.05) is 39.8 Å². The van der Waals surface area contributed by atoms with Crippen LogP contribution in [0.4, 0.5) is 8.78 Å². The Morgan fingerprint density at radius 2 is 1.94 bits per heavy atom. The summed E-state index contributed by atoms with van der Waals surface area (Å²) in [4.78, 5) is 2.58. The van der Waals surface area contributed by atoms with Crippen LogP contribution in [0.3, 0.4) is 0 Å². The molecule has 0 spiro atoms. The second kappa shape index (κ2) is 8.30. The van der Waals surface area contributed by atoms with Gasteiger partial charge in [0.25, 0.3) is 0 Å². The first-order valence-electron chi connectivity index (χ1n) is 10.4. The number of benzene rings is 2. The van der Waals surface area contributed by atoms with Crippen LogP contribution in [0.5, 0.6) is 0 Å². The third-order valence-electron chi connectivity index (χ3n) is 6.50. The lowest BCUT2D eigenvalue weighted by Crippen LogP contribution is -2.27. The van der Waals surface area contributed by atoms with Gasteiger partial charge in [-0.25, -0.2) is 8.78 Å². The van der Waals surface area contributed by atoms with E-state index in [1.165, 1.54) is 24.6 Å². The average Bonchev–Trinajstić information content (AvgIpc) is 3.13. The van der Waals surface area contributed by atoms with Gasteiger partial charge < -0.3 is 9.47 Å². The smallest absolute Gasteiger partial charge is 0.191 e. The second-order valence-electron chi connectivity index (χ2n) is 8.50. The summed E-state index contributed by atoms with van der Waals surface area (Å²) < 4.78 is 29.7. The Morgan fingerprint density at radius 3 is 2.71 bits per heavy atom. The summed E-state index contributed by atoms with van der Waals surface area (Å²) in [6.07, 6.45) is 2.38. The number of rotatable bonds is 7. The maximum atomic E-state index is 13.5. The molecule has 2 aromatic carbocycles. The van der Waals surface area contributed by atoms with Gasteiger partial charge in [0, 0.05) is 41.3 Å². The van der Waals surface area contributed by atoms with E-state index in [0.717, 1.165) is 52.9 Å². The normalized spacial score (nSPS) is 22.6. The van der Waals surface area contributed by atoms with Gasteiger partial charge in [0.05, 0.1) is 0 Å². The number of fused-ring (bicyclic) bond motifs is 1. The highest BCUT2D eigenvalue weighted by Gasteiger charge is 2.60. The van der Waals surface area contributed by atoms with Crippen molar-refractivity contribution < 1.29 is 8.78 Å². The van der Waals surface area contributed by atoms with Gasteiger partial charge in [0.1, 0.15) is 0 Å². The highest BCUT2D eigenvalue weighted by Crippen LogP contribution is 2.59. The molecular weight excluding hydrogens is 482 g/mol. The summed E-state index contributed by atoms with van der Waals surface area (Å²) in [7, 11) is 1.86. The largest absolute Gasteiger partial charge is 0.305 e. The molecule has 2 atom stereocenters. The van der Waals surface area contributed by atoms with E-state index in [1.54, 1.807) is 11.8 Å². The molecule has 2 heterocycles. The summed E-state index contributed by atoms with van der Waals surface area (Å²) in [5, 5.41) is 9.19. The van der Waals surface area contributed by atoms with Crippen LogP contribution in [0.15, 0.2) is 52.1 Å². The molecule has 3 aromatic rings. The molecule has 8 heteroatoms. The van der Waals surface area contributed by atoms with Crippen molar-refractivity contribution in [2.24, 2.45) is 13.0 Å². The molecule has 162 valence electrons. The zero-order valence-electron chi connectivity index (χ0n) is 17.2. The number of thioether (sulfide) groups is 1. The number of piperidine rings is 1. The molecule has 5 rings (SSSR count). The molecule has 2 aliphatic rings. The van der Waals surface area contributed by atoms with Crippen molar-refractivity contribution >= 4 is 27.7 Å². The third-order valence-corrected chi connectivity index (χ3v) is 8.13. The van der Waals surface area contributed by atoms with Crippen molar-refractivity contribution in [2.75, 3.05) is 25.4 Å². The Labute approximate surface area is 193 Å². The zero-order chi connectivity index (χ0) is 21.6. The molecule has 31 heavy (non-hydrogen) atoms. The Hall–Kier alpha value is -1.77. The maximum absolute atomic E-state index is 13.5. The van der Waals surface area contributed by atoms with Crippen LogP contribution >= 0.6 is 27.7 Å². The molecule has 0 N–H and O–H groups in total. The van der Waals surface area contributed by atoms with E-state index >= 15 is 0 Å². The highest BCUT2D eigenvalue weighted by molar-refractivity contribution is 9.10. The lowest BCUT2D eigenvalue weighted by atomic mass is 9.95. The van der Waals surface area contributed by atoms with E-state index < -0.39 is 11.6 Å². The van der Waals surface area contributed by atoms with Crippen LogP contribution in [-0.2, 0) is 12.5 Å². The second-order valence-corrected chi connectivity index (χ2v) is 10.5. The Bertz CT molecular complexity index is 1100. The molecule has 0 amide bonds. The van der Waals surface area contributed by atoms with Gasteiger partial charge in [-0.3, -0.25) is 0 Å². The lowest BCUT2D eigenvalue weighted by molar-refractivity contribution is 0.299. The molecule has 0 radical (unpaired) electrons.